The van der Waals surface area contributed by atoms with E-state index in [9.17, 15) is 9.59 Å². The third-order valence-electron chi connectivity index (χ3n) is 4.67. The van der Waals surface area contributed by atoms with Crippen molar-refractivity contribution in [2.45, 2.75) is 98.6 Å². The van der Waals surface area contributed by atoms with Gasteiger partial charge in [-0.15, -0.1) is 0 Å². The molecule has 0 spiro atoms. The number of nitrogens with one attached hydrogen (secondary N) is 1. The third kappa shape index (κ3) is 11.4. The van der Waals surface area contributed by atoms with Gasteiger partial charge in [0.25, 0.3) is 0 Å². The predicted molar refractivity (Wildman–Crippen MR) is 105 cm³/mol. The summed E-state index contributed by atoms with van der Waals surface area (Å²) in [5, 5.41) is 3.12. The largest absolute Gasteiger partial charge is 0.376 e. The van der Waals surface area contributed by atoms with Crippen LogP contribution in [0.1, 0.15) is 87.5 Å². The summed E-state index contributed by atoms with van der Waals surface area (Å²) in [6.07, 6.45) is 3.73. The lowest BCUT2D eigenvalue weighted by molar-refractivity contribution is -0.123. The van der Waals surface area contributed by atoms with Crippen LogP contribution < -0.4 is 5.32 Å². The number of ether oxygens (including phenoxy) is 1. The van der Waals surface area contributed by atoms with Crippen molar-refractivity contribution in [1.82, 2.24) is 5.32 Å². The Morgan fingerprint density at radius 1 is 1.00 bits per heavy atom. The molecule has 1 amide bonds. The Kier molecular flexibility index (Phi) is 9.42. The summed E-state index contributed by atoms with van der Waals surface area (Å²) in [6.45, 7) is 16.6. The van der Waals surface area contributed by atoms with Gasteiger partial charge in [-0.3, -0.25) is 4.79 Å². The number of rotatable bonds is 12. The molecule has 0 aromatic carbocycles. The number of amides is 1. The number of hydrogen-bond acceptors (Lipinski definition) is 3. The van der Waals surface area contributed by atoms with Gasteiger partial charge in [0, 0.05) is 24.0 Å². The van der Waals surface area contributed by atoms with E-state index >= 15 is 0 Å². The fourth-order valence-electron chi connectivity index (χ4n) is 2.31. The van der Waals surface area contributed by atoms with Crippen LogP contribution in [-0.4, -0.2) is 37.2 Å². The highest BCUT2D eigenvalue weighted by Crippen LogP contribution is 2.26. The van der Waals surface area contributed by atoms with Crippen LogP contribution in [0.5, 0.6) is 0 Å². The number of hydrogen-bond donors (Lipinski definition) is 1. The monoisotopic (exact) mass is 351 g/mol. The van der Waals surface area contributed by atoms with E-state index in [2.05, 4.69) is 19.2 Å². The van der Waals surface area contributed by atoms with Gasteiger partial charge in [-0.25, -0.2) is 0 Å². The molecule has 0 aliphatic rings. The molecule has 0 saturated heterocycles. The van der Waals surface area contributed by atoms with Gasteiger partial charge in [-0.1, -0.05) is 27.7 Å². The molecule has 0 aliphatic heterocycles. The van der Waals surface area contributed by atoms with Crippen LogP contribution in [0.2, 0.25) is 0 Å². The van der Waals surface area contributed by atoms with Crippen LogP contribution in [-0.2, 0) is 14.3 Å². The standard InChI is InChI=1S/C20H38BNO3/c1-15(2)9-10-16(23)22-19(5,6)11-12-20(7,8)25-14-13-18(3,4)17(21)24/h15H,9-14H2,1-8H3,(H,22,23). The molecule has 0 aromatic heterocycles. The minimum atomic E-state index is -0.556. The molecule has 0 heterocycles. The van der Waals surface area contributed by atoms with Gasteiger partial charge >= 0.3 is 0 Å². The smallest absolute Gasteiger partial charge is 0.220 e. The maximum absolute atomic E-state index is 12.0. The zero-order chi connectivity index (χ0) is 19.9. The maximum atomic E-state index is 12.0. The van der Waals surface area contributed by atoms with Crippen LogP contribution in [0.15, 0.2) is 0 Å². The van der Waals surface area contributed by atoms with Gasteiger partial charge < -0.3 is 14.8 Å². The van der Waals surface area contributed by atoms with Gasteiger partial charge in [-0.2, -0.15) is 0 Å². The van der Waals surface area contributed by atoms with Crippen LogP contribution in [0.25, 0.3) is 0 Å². The topological polar surface area (TPSA) is 55.4 Å². The Morgan fingerprint density at radius 3 is 2.04 bits per heavy atom. The Balaban J connectivity index is 4.32. The molecule has 144 valence electrons. The maximum Gasteiger partial charge on any atom is 0.220 e. The highest BCUT2D eigenvalue weighted by molar-refractivity contribution is 6.58. The molecular weight excluding hydrogens is 313 g/mol. The van der Waals surface area contributed by atoms with Crippen molar-refractivity contribution in [3.05, 3.63) is 0 Å². The molecule has 0 fully saturated rings. The van der Waals surface area contributed by atoms with E-state index in [1.54, 1.807) is 0 Å². The van der Waals surface area contributed by atoms with E-state index in [0.717, 1.165) is 19.3 Å². The van der Waals surface area contributed by atoms with Gasteiger partial charge in [0.15, 0.2) is 7.85 Å². The van der Waals surface area contributed by atoms with E-state index in [-0.39, 0.29) is 22.7 Å². The molecule has 0 atom stereocenters. The third-order valence-corrected chi connectivity index (χ3v) is 4.67. The number of carbonyl (C=O) groups is 2. The lowest BCUT2D eigenvalue weighted by Gasteiger charge is -2.33. The average Bonchev–Trinajstić information content (AvgIpc) is 2.42. The van der Waals surface area contributed by atoms with Gasteiger partial charge in [-0.05, 0) is 59.3 Å². The molecular formula is C20H38BNO3. The quantitative estimate of drug-likeness (QED) is 0.541. The fourth-order valence-corrected chi connectivity index (χ4v) is 2.31. The molecule has 1 N–H and O–H groups in total. The minimum Gasteiger partial charge on any atom is -0.376 e. The van der Waals surface area contributed by atoms with E-state index < -0.39 is 5.41 Å². The molecule has 0 bridgehead atoms. The zero-order valence-corrected chi connectivity index (χ0v) is 17.6. The fraction of sp³-hybridized carbons (Fsp3) is 0.900. The highest BCUT2D eigenvalue weighted by atomic mass is 16.5. The van der Waals surface area contributed by atoms with Crippen molar-refractivity contribution in [2.75, 3.05) is 6.61 Å². The Bertz CT molecular complexity index is 442. The summed E-state index contributed by atoms with van der Waals surface area (Å²) in [4.78, 5) is 23.4. The molecule has 0 rings (SSSR count). The second-order valence-corrected chi connectivity index (χ2v) is 9.47. The Hall–Kier alpha value is -0.835. The SMILES string of the molecule is [B]C(=O)C(C)(C)CCOC(C)(C)CCC(C)(C)NC(=O)CCC(C)C. The normalized spacial score (nSPS) is 13.2. The van der Waals surface area contributed by atoms with Crippen LogP contribution in [0, 0.1) is 11.3 Å². The van der Waals surface area contributed by atoms with Crippen molar-refractivity contribution < 1.29 is 14.3 Å². The van der Waals surface area contributed by atoms with Crippen LogP contribution in [0.3, 0.4) is 0 Å². The van der Waals surface area contributed by atoms with Crippen LogP contribution in [0.4, 0.5) is 0 Å². The van der Waals surface area contributed by atoms with Crippen molar-refractivity contribution in [1.29, 1.82) is 0 Å². The first-order valence-electron chi connectivity index (χ1n) is 9.42. The molecule has 0 aliphatic carbocycles. The molecule has 5 heteroatoms. The van der Waals surface area contributed by atoms with E-state index in [4.69, 9.17) is 12.6 Å². The van der Waals surface area contributed by atoms with Gasteiger partial charge in [0.1, 0.15) is 0 Å². The summed E-state index contributed by atoms with van der Waals surface area (Å²) < 4.78 is 5.97. The first kappa shape index (κ1) is 24.2. The van der Waals surface area contributed by atoms with E-state index in [1.807, 2.05) is 41.5 Å². The molecule has 25 heavy (non-hydrogen) atoms. The van der Waals surface area contributed by atoms with E-state index in [1.165, 1.54) is 0 Å². The Morgan fingerprint density at radius 2 is 1.56 bits per heavy atom. The zero-order valence-electron chi connectivity index (χ0n) is 17.6. The van der Waals surface area contributed by atoms with Gasteiger partial charge in [0.2, 0.25) is 5.91 Å². The molecule has 0 aromatic rings. The first-order valence-corrected chi connectivity index (χ1v) is 9.42. The second-order valence-electron chi connectivity index (χ2n) is 9.47. The summed E-state index contributed by atoms with van der Waals surface area (Å²) >= 11 is 0. The molecule has 2 radical (unpaired) electrons. The summed E-state index contributed by atoms with van der Waals surface area (Å²) in [6, 6.07) is 0. The van der Waals surface area contributed by atoms with Crippen molar-refractivity contribution >= 4 is 19.4 Å². The number of carbonyl (C=O) groups excluding carboxylic acids is 2. The summed E-state index contributed by atoms with van der Waals surface area (Å²) in [5.41, 5.74) is -1.44. The van der Waals surface area contributed by atoms with Crippen molar-refractivity contribution in [2.24, 2.45) is 11.3 Å². The second kappa shape index (κ2) is 9.75. The minimum absolute atomic E-state index is 0.112. The van der Waals surface area contributed by atoms with Crippen molar-refractivity contribution in [3.8, 4) is 0 Å². The Labute approximate surface area is 156 Å². The summed E-state index contributed by atoms with van der Waals surface area (Å²) in [5.74, 6) is 0.645. The molecule has 4 nitrogen and oxygen atoms in total. The average molecular weight is 351 g/mol. The predicted octanol–water partition coefficient (Wildman–Crippen LogP) is 4.00. The van der Waals surface area contributed by atoms with E-state index in [0.29, 0.717) is 25.4 Å². The van der Waals surface area contributed by atoms with Crippen LogP contribution >= 0.6 is 0 Å². The summed E-state index contributed by atoms with van der Waals surface area (Å²) in [7, 11) is 5.39. The van der Waals surface area contributed by atoms with Gasteiger partial charge in [0.05, 0.1) is 11.3 Å². The lowest BCUT2D eigenvalue weighted by Crippen LogP contribution is -2.44. The highest BCUT2D eigenvalue weighted by Gasteiger charge is 2.28. The molecule has 0 saturated carbocycles. The van der Waals surface area contributed by atoms with Crippen molar-refractivity contribution in [3.63, 3.8) is 0 Å². The first-order chi connectivity index (χ1) is 11.2. The lowest BCUT2D eigenvalue weighted by atomic mass is 9.75. The molecule has 0 unspecified atom stereocenters.